The van der Waals surface area contributed by atoms with Gasteiger partial charge in [0, 0.05) is 50.9 Å². The number of nitrogens with zero attached hydrogens (tertiary/aromatic N) is 3. The number of carbonyl (C=O) groups is 2. The number of hydrogen-bond donors (Lipinski definition) is 1. The predicted octanol–water partition coefficient (Wildman–Crippen LogP) is 1.57. The number of rotatable bonds is 5. The van der Waals surface area contributed by atoms with Crippen LogP contribution in [0, 0.1) is 11.3 Å². The van der Waals surface area contributed by atoms with E-state index in [1.54, 1.807) is 9.80 Å². The largest absolute Gasteiger partial charge is 0.389 e. The summed E-state index contributed by atoms with van der Waals surface area (Å²) in [5.41, 5.74) is 1.07. The zero-order valence-electron chi connectivity index (χ0n) is 14.2. The van der Waals surface area contributed by atoms with Crippen molar-refractivity contribution in [1.29, 1.82) is 5.26 Å². The summed E-state index contributed by atoms with van der Waals surface area (Å²) in [6, 6.07) is 9.51. The average Bonchev–Trinajstić information content (AvgIpc) is 2.63. The molecule has 0 atom stereocenters. The maximum Gasteiger partial charge on any atom is 0.266 e. The Hall–Kier alpha value is -2.52. The van der Waals surface area contributed by atoms with E-state index in [4.69, 9.17) is 11.6 Å². The van der Waals surface area contributed by atoms with Gasteiger partial charge >= 0.3 is 0 Å². The normalized spacial score (nSPS) is 14.8. The van der Waals surface area contributed by atoms with Gasteiger partial charge in [0.05, 0.1) is 0 Å². The molecule has 1 aromatic carbocycles. The van der Waals surface area contributed by atoms with Crippen molar-refractivity contribution in [2.45, 2.75) is 13.3 Å². The topological polar surface area (TPSA) is 76.4 Å². The van der Waals surface area contributed by atoms with E-state index >= 15 is 0 Å². The minimum absolute atomic E-state index is 0.00406. The third-order valence-corrected chi connectivity index (χ3v) is 4.47. The van der Waals surface area contributed by atoms with Gasteiger partial charge in [-0.25, -0.2) is 0 Å². The van der Waals surface area contributed by atoms with Gasteiger partial charge in [0.15, 0.2) is 0 Å². The minimum atomic E-state index is -0.309. The highest BCUT2D eigenvalue weighted by atomic mass is 35.5. The Kier molecular flexibility index (Phi) is 6.84. The molecule has 132 valence electrons. The first kappa shape index (κ1) is 18.8. The molecule has 0 aliphatic carbocycles. The number of hydrogen-bond acceptors (Lipinski definition) is 4. The Morgan fingerprint density at radius 2 is 1.88 bits per heavy atom. The Labute approximate surface area is 152 Å². The summed E-state index contributed by atoms with van der Waals surface area (Å²) < 4.78 is 0. The zero-order chi connectivity index (χ0) is 18.2. The van der Waals surface area contributed by atoms with E-state index in [9.17, 15) is 14.9 Å². The van der Waals surface area contributed by atoms with Gasteiger partial charge in [-0.3, -0.25) is 9.59 Å². The van der Waals surface area contributed by atoms with E-state index < -0.39 is 0 Å². The lowest BCUT2D eigenvalue weighted by atomic mass is 10.1. The summed E-state index contributed by atoms with van der Waals surface area (Å²) in [7, 11) is 0. The molecular formula is C18H21ClN4O2. The second-order valence-corrected chi connectivity index (χ2v) is 6.17. The molecule has 0 unspecified atom stereocenters. The number of nitriles is 1. The van der Waals surface area contributed by atoms with E-state index in [-0.39, 0.29) is 17.4 Å². The number of benzene rings is 1. The molecule has 1 N–H and O–H groups in total. The van der Waals surface area contributed by atoms with Crippen molar-refractivity contribution < 1.29 is 9.59 Å². The van der Waals surface area contributed by atoms with Crippen LogP contribution in [0.1, 0.15) is 12.5 Å². The van der Waals surface area contributed by atoms with Gasteiger partial charge in [0.2, 0.25) is 5.91 Å². The first-order valence-corrected chi connectivity index (χ1v) is 8.52. The van der Waals surface area contributed by atoms with Crippen molar-refractivity contribution in [2.75, 3.05) is 32.7 Å². The van der Waals surface area contributed by atoms with Crippen LogP contribution >= 0.6 is 11.6 Å². The van der Waals surface area contributed by atoms with Crippen LogP contribution < -0.4 is 5.32 Å². The molecule has 1 fully saturated rings. The minimum Gasteiger partial charge on any atom is -0.389 e. The molecular weight excluding hydrogens is 340 g/mol. The van der Waals surface area contributed by atoms with Crippen LogP contribution in [0.5, 0.6) is 0 Å². The van der Waals surface area contributed by atoms with Crippen LogP contribution in [0.4, 0.5) is 0 Å². The van der Waals surface area contributed by atoms with E-state index in [1.165, 1.54) is 13.1 Å². The lowest BCUT2D eigenvalue weighted by Crippen LogP contribution is -2.50. The third-order valence-electron chi connectivity index (χ3n) is 4.11. The second-order valence-electron chi connectivity index (χ2n) is 5.76. The molecule has 0 spiro atoms. The smallest absolute Gasteiger partial charge is 0.266 e. The van der Waals surface area contributed by atoms with Gasteiger partial charge in [0.1, 0.15) is 11.6 Å². The number of piperazine rings is 1. The molecule has 1 aliphatic heterocycles. The highest BCUT2D eigenvalue weighted by molar-refractivity contribution is 6.31. The van der Waals surface area contributed by atoms with Crippen molar-refractivity contribution >= 4 is 23.4 Å². The number of halogens is 1. The molecule has 2 rings (SSSR count). The lowest BCUT2D eigenvalue weighted by Gasteiger charge is -2.34. The quantitative estimate of drug-likeness (QED) is 0.491. The first-order chi connectivity index (χ1) is 12.0. The molecule has 0 radical (unpaired) electrons. The molecule has 1 heterocycles. The molecule has 1 aromatic rings. The number of nitrogens with one attached hydrogen (secondary N) is 1. The van der Waals surface area contributed by atoms with Gasteiger partial charge in [-0.05, 0) is 18.1 Å². The van der Waals surface area contributed by atoms with E-state index in [2.05, 4.69) is 5.32 Å². The van der Waals surface area contributed by atoms with Crippen molar-refractivity contribution in [3.63, 3.8) is 0 Å². The van der Waals surface area contributed by atoms with Crippen molar-refractivity contribution in [3.8, 4) is 6.07 Å². The summed E-state index contributed by atoms with van der Waals surface area (Å²) in [5, 5.41) is 12.9. The summed E-state index contributed by atoms with van der Waals surface area (Å²) in [6.45, 7) is 3.97. The fourth-order valence-electron chi connectivity index (χ4n) is 2.62. The standard InChI is InChI=1S/C18H21ClN4O2/c1-14(24)22-8-10-23(11-9-22)18(25)16(12-20)13-21-7-6-15-4-2-3-5-17(15)19/h2-5,13,21H,6-11H2,1H3/b16-13-. The molecule has 7 heteroatoms. The van der Waals surface area contributed by atoms with Crippen molar-refractivity contribution in [1.82, 2.24) is 15.1 Å². The van der Waals surface area contributed by atoms with Crippen LogP contribution in [0.3, 0.4) is 0 Å². The van der Waals surface area contributed by atoms with Crippen LogP contribution in [-0.2, 0) is 16.0 Å². The summed E-state index contributed by atoms with van der Waals surface area (Å²) in [5.74, 6) is -0.305. The molecule has 0 bridgehead atoms. The Balaban J connectivity index is 1.85. The fourth-order valence-corrected chi connectivity index (χ4v) is 2.85. The molecule has 1 aliphatic rings. The van der Waals surface area contributed by atoms with Gasteiger partial charge in [-0.15, -0.1) is 0 Å². The van der Waals surface area contributed by atoms with Crippen molar-refractivity contribution in [2.24, 2.45) is 0 Å². The highest BCUT2D eigenvalue weighted by Gasteiger charge is 2.24. The van der Waals surface area contributed by atoms with Crippen LogP contribution in [-0.4, -0.2) is 54.3 Å². The molecule has 6 nitrogen and oxygen atoms in total. The van der Waals surface area contributed by atoms with Gasteiger partial charge in [-0.2, -0.15) is 5.26 Å². The first-order valence-electron chi connectivity index (χ1n) is 8.14. The Morgan fingerprint density at radius 1 is 1.24 bits per heavy atom. The molecule has 1 saturated heterocycles. The monoisotopic (exact) mass is 360 g/mol. The third kappa shape index (κ3) is 5.23. The molecule has 0 saturated carbocycles. The van der Waals surface area contributed by atoms with Crippen LogP contribution in [0.2, 0.25) is 5.02 Å². The van der Waals surface area contributed by atoms with Gasteiger partial charge in [0.25, 0.3) is 5.91 Å². The summed E-state index contributed by atoms with van der Waals surface area (Å²) in [4.78, 5) is 27.0. The Bertz CT molecular complexity index is 703. The zero-order valence-corrected chi connectivity index (χ0v) is 14.9. The average molecular weight is 361 g/mol. The maximum atomic E-state index is 12.4. The van der Waals surface area contributed by atoms with Crippen LogP contribution in [0.15, 0.2) is 36.0 Å². The lowest BCUT2D eigenvalue weighted by molar-refractivity contribution is -0.136. The molecule has 2 amide bonds. The van der Waals surface area contributed by atoms with Gasteiger partial charge < -0.3 is 15.1 Å². The van der Waals surface area contributed by atoms with E-state index in [0.29, 0.717) is 44.2 Å². The predicted molar refractivity (Wildman–Crippen MR) is 95.7 cm³/mol. The van der Waals surface area contributed by atoms with E-state index in [0.717, 1.165) is 5.56 Å². The van der Waals surface area contributed by atoms with Gasteiger partial charge in [-0.1, -0.05) is 29.8 Å². The maximum absolute atomic E-state index is 12.4. The fraction of sp³-hybridized carbons (Fsp3) is 0.389. The molecule has 0 aromatic heterocycles. The highest BCUT2D eigenvalue weighted by Crippen LogP contribution is 2.14. The van der Waals surface area contributed by atoms with Crippen LogP contribution in [0.25, 0.3) is 0 Å². The Morgan fingerprint density at radius 3 is 2.48 bits per heavy atom. The molecule has 25 heavy (non-hydrogen) atoms. The SMILES string of the molecule is CC(=O)N1CCN(C(=O)/C(C#N)=C\NCCc2ccccc2Cl)CC1. The summed E-state index contributed by atoms with van der Waals surface area (Å²) in [6.07, 6.45) is 2.15. The second kappa shape index (κ2) is 9.09. The number of carbonyl (C=O) groups excluding carboxylic acids is 2. The summed E-state index contributed by atoms with van der Waals surface area (Å²) >= 11 is 6.09. The number of amides is 2. The van der Waals surface area contributed by atoms with E-state index in [1.807, 2.05) is 30.3 Å². The van der Waals surface area contributed by atoms with Crippen molar-refractivity contribution in [3.05, 3.63) is 46.6 Å².